The van der Waals surface area contributed by atoms with Gasteiger partial charge in [0.2, 0.25) is 0 Å². The molecule has 0 saturated heterocycles. The van der Waals surface area contributed by atoms with Gasteiger partial charge in [-0.2, -0.15) is 12.6 Å². The second-order valence-corrected chi connectivity index (χ2v) is 7.08. The highest BCUT2D eigenvalue weighted by atomic mass is 32.1. The van der Waals surface area contributed by atoms with Crippen LogP contribution in [-0.2, 0) is 6.42 Å². The molecule has 3 unspecified atom stereocenters. The highest BCUT2D eigenvalue weighted by Crippen LogP contribution is 2.61. The Labute approximate surface area is 124 Å². The highest BCUT2D eigenvalue weighted by molar-refractivity contribution is 7.80. The Morgan fingerprint density at radius 3 is 2.21 bits per heavy atom. The number of benzene rings is 1. The van der Waals surface area contributed by atoms with Gasteiger partial charge in [0.25, 0.3) is 0 Å². The lowest BCUT2D eigenvalue weighted by Crippen LogP contribution is -2.52. The van der Waals surface area contributed by atoms with E-state index in [9.17, 15) is 0 Å². The minimum absolute atomic E-state index is 0.658. The van der Waals surface area contributed by atoms with Crippen LogP contribution in [0.25, 0.3) is 0 Å². The zero-order valence-corrected chi connectivity index (χ0v) is 13.5. The fraction of sp³-hybridized carbons (Fsp3) is 0.667. The van der Waals surface area contributed by atoms with Crippen LogP contribution in [-0.4, -0.2) is 5.75 Å². The first-order chi connectivity index (χ1) is 9.09. The van der Waals surface area contributed by atoms with Gasteiger partial charge in [-0.25, -0.2) is 0 Å². The summed E-state index contributed by atoms with van der Waals surface area (Å²) in [5.74, 6) is 4.08. The molecule has 0 amide bonds. The van der Waals surface area contributed by atoms with Crippen molar-refractivity contribution in [1.29, 1.82) is 0 Å². The van der Waals surface area contributed by atoms with E-state index in [0.717, 1.165) is 29.9 Å². The molecule has 3 saturated carbocycles. The molecule has 3 aliphatic carbocycles. The molecule has 0 spiro atoms. The van der Waals surface area contributed by atoms with Gasteiger partial charge < -0.3 is 0 Å². The molecule has 0 heterocycles. The molecule has 1 aromatic rings. The summed E-state index contributed by atoms with van der Waals surface area (Å²) in [6.07, 6.45) is 5.55. The lowest BCUT2D eigenvalue weighted by Gasteiger charge is -2.60. The van der Waals surface area contributed by atoms with E-state index in [1.807, 2.05) is 6.07 Å². The molecule has 0 N–H and O–H groups in total. The van der Waals surface area contributed by atoms with Crippen molar-refractivity contribution in [2.45, 2.75) is 46.5 Å². The molecule has 3 aliphatic rings. The highest BCUT2D eigenvalue weighted by Gasteiger charge is 2.53. The Balaban J connectivity index is 0.000000148. The number of hydrogen-bond donors (Lipinski definition) is 1. The van der Waals surface area contributed by atoms with E-state index in [1.54, 1.807) is 0 Å². The Kier molecular flexibility index (Phi) is 5.00. The molecule has 106 valence electrons. The molecular weight excluding hydrogens is 248 g/mol. The zero-order chi connectivity index (χ0) is 13.9. The standard InChI is InChI=1S/C10H18S.C8H10/c1-10(2)8-4-3-7(6-11)9(10)5-8;1-2-8-6-4-3-5-7-8/h7-9,11H,3-6H2,1-2H3;3-7H,2H2,1H3. The van der Waals surface area contributed by atoms with E-state index in [2.05, 4.69) is 57.7 Å². The van der Waals surface area contributed by atoms with Gasteiger partial charge in [-0.05, 0) is 60.2 Å². The van der Waals surface area contributed by atoms with Gasteiger partial charge in [-0.15, -0.1) is 0 Å². The summed E-state index contributed by atoms with van der Waals surface area (Å²) in [6, 6.07) is 10.5. The number of thiol groups is 1. The van der Waals surface area contributed by atoms with Gasteiger partial charge in [0.05, 0.1) is 0 Å². The van der Waals surface area contributed by atoms with Crippen LogP contribution >= 0.6 is 12.6 Å². The Morgan fingerprint density at radius 1 is 1.16 bits per heavy atom. The average molecular weight is 276 g/mol. The minimum atomic E-state index is 0.658. The van der Waals surface area contributed by atoms with Gasteiger partial charge in [0.15, 0.2) is 0 Å². The summed E-state index contributed by atoms with van der Waals surface area (Å²) >= 11 is 4.43. The lowest BCUT2D eigenvalue weighted by molar-refractivity contribution is -0.0972. The van der Waals surface area contributed by atoms with Crippen molar-refractivity contribution in [2.24, 2.45) is 23.2 Å². The molecule has 2 bridgehead atoms. The van der Waals surface area contributed by atoms with E-state index in [1.165, 1.54) is 24.8 Å². The maximum atomic E-state index is 4.43. The molecule has 3 atom stereocenters. The molecule has 0 radical (unpaired) electrons. The van der Waals surface area contributed by atoms with Gasteiger partial charge in [-0.3, -0.25) is 0 Å². The summed E-state index contributed by atoms with van der Waals surface area (Å²) in [6.45, 7) is 7.05. The number of hydrogen-bond acceptors (Lipinski definition) is 1. The molecule has 0 aromatic heterocycles. The average Bonchev–Trinajstić information content (AvgIpc) is 2.48. The van der Waals surface area contributed by atoms with E-state index >= 15 is 0 Å². The number of fused-ring (bicyclic) bond motifs is 2. The van der Waals surface area contributed by atoms with Crippen LogP contribution in [0.15, 0.2) is 30.3 Å². The lowest BCUT2D eigenvalue weighted by atomic mass is 9.46. The van der Waals surface area contributed by atoms with Gasteiger partial charge in [0.1, 0.15) is 0 Å². The third-order valence-corrected chi connectivity index (χ3v) is 5.96. The van der Waals surface area contributed by atoms with E-state index < -0.39 is 0 Å². The Hall–Kier alpha value is -0.430. The zero-order valence-electron chi connectivity index (χ0n) is 12.6. The first-order valence-corrected chi connectivity index (χ1v) is 8.37. The van der Waals surface area contributed by atoms with E-state index in [-0.39, 0.29) is 0 Å². The first kappa shape index (κ1) is 15.0. The molecular formula is C18H28S. The fourth-order valence-electron chi connectivity index (χ4n) is 3.89. The van der Waals surface area contributed by atoms with Crippen molar-refractivity contribution < 1.29 is 0 Å². The molecule has 4 rings (SSSR count). The number of rotatable bonds is 2. The van der Waals surface area contributed by atoms with E-state index in [4.69, 9.17) is 0 Å². The topological polar surface area (TPSA) is 0 Å². The predicted molar refractivity (Wildman–Crippen MR) is 87.8 cm³/mol. The molecule has 19 heavy (non-hydrogen) atoms. The van der Waals surface area contributed by atoms with Crippen molar-refractivity contribution >= 4 is 12.6 Å². The van der Waals surface area contributed by atoms with Crippen molar-refractivity contribution in [3.8, 4) is 0 Å². The Morgan fingerprint density at radius 2 is 1.84 bits per heavy atom. The molecule has 1 heteroatoms. The van der Waals surface area contributed by atoms with Crippen LogP contribution < -0.4 is 0 Å². The van der Waals surface area contributed by atoms with E-state index in [0.29, 0.717) is 5.41 Å². The van der Waals surface area contributed by atoms with Gasteiger partial charge in [-0.1, -0.05) is 51.1 Å². The summed E-state index contributed by atoms with van der Waals surface area (Å²) in [7, 11) is 0. The minimum Gasteiger partial charge on any atom is -0.179 e. The molecule has 3 fully saturated rings. The second-order valence-electron chi connectivity index (χ2n) is 6.72. The van der Waals surface area contributed by atoms with Crippen LogP contribution in [0, 0.1) is 23.2 Å². The van der Waals surface area contributed by atoms with Crippen molar-refractivity contribution in [1.82, 2.24) is 0 Å². The summed E-state index contributed by atoms with van der Waals surface area (Å²) in [5, 5.41) is 0. The largest absolute Gasteiger partial charge is 0.179 e. The monoisotopic (exact) mass is 276 g/mol. The maximum Gasteiger partial charge on any atom is -0.00666 e. The fourth-order valence-corrected chi connectivity index (χ4v) is 4.33. The third-order valence-electron chi connectivity index (χ3n) is 5.49. The SMILES string of the molecule is CC1(C)C2CCC(CS)C1C2.CCc1ccccc1. The van der Waals surface area contributed by atoms with Crippen molar-refractivity contribution in [2.75, 3.05) is 5.75 Å². The normalized spacial score (nSPS) is 30.8. The molecule has 0 nitrogen and oxygen atoms in total. The van der Waals surface area contributed by atoms with Crippen LogP contribution in [0.3, 0.4) is 0 Å². The summed E-state index contributed by atoms with van der Waals surface area (Å²) < 4.78 is 0. The number of aryl methyl sites for hydroxylation is 1. The summed E-state index contributed by atoms with van der Waals surface area (Å²) in [5.41, 5.74) is 2.07. The smallest absolute Gasteiger partial charge is 0.00666 e. The second kappa shape index (κ2) is 6.35. The predicted octanol–water partition coefficient (Wildman–Crippen LogP) is 5.24. The van der Waals surface area contributed by atoms with Gasteiger partial charge in [0, 0.05) is 0 Å². The van der Waals surface area contributed by atoms with Crippen LogP contribution in [0.5, 0.6) is 0 Å². The summed E-state index contributed by atoms with van der Waals surface area (Å²) in [4.78, 5) is 0. The van der Waals surface area contributed by atoms with Crippen molar-refractivity contribution in [3.63, 3.8) is 0 Å². The van der Waals surface area contributed by atoms with Crippen molar-refractivity contribution in [3.05, 3.63) is 35.9 Å². The quantitative estimate of drug-likeness (QED) is 0.702. The van der Waals surface area contributed by atoms with Crippen LogP contribution in [0.2, 0.25) is 0 Å². The maximum absolute atomic E-state index is 4.43. The van der Waals surface area contributed by atoms with Crippen LogP contribution in [0.1, 0.15) is 45.6 Å². The first-order valence-electron chi connectivity index (χ1n) is 7.74. The Bertz CT molecular complexity index is 380. The third kappa shape index (κ3) is 3.18. The van der Waals surface area contributed by atoms with Crippen LogP contribution in [0.4, 0.5) is 0 Å². The molecule has 1 aromatic carbocycles. The van der Waals surface area contributed by atoms with Gasteiger partial charge >= 0.3 is 0 Å². The molecule has 0 aliphatic heterocycles.